The summed E-state index contributed by atoms with van der Waals surface area (Å²) in [6.45, 7) is 1.83. The van der Waals surface area contributed by atoms with Gasteiger partial charge in [0, 0.05) is 18.5 Å². The number of nitrogens with one attached hydrogen (secondary N) is 2. The number of pyridine rings is 1. The van der Waals surface area contributed by atoms with Gasteiger partial charge in [-0.1, -0.05) is 6.07 Å². The quantitative estimate of drug-likeness (QED) is 0.787. The Morgan fingerprint density at radius 1 is 1.56 bits per heavy atom. The van der Waals surface area contributed by atoms with Gasteiger partial charge in [-0.25, -0.2) is 4.98 Å². The van der Waals surface area contributed by atoms with Crippen LogP contribution < -0.4 is 5.32 Å². The summed E-state index contributed by atoms with van der Waals surface area (Å²) >= 11 is 0. The normalized spacial score (nSPS) is 12.5. The molecule has 0 aliphatic heterocycles. The number of rotatable bonds is 4. The first kappa shape index (κ1) is 12.0. The number of carbonyl (C=O) groups excluding carboxylic acids is 1. The number of aromatic nitrogens is 4. The maximum Gasteiger partial charge on any atom is 0.244 e. The zero-order chi connectivity index (χ0) is 12.8. The number of carbonyl (C=O) groups is 1. The van der Waals surface area contributed by atoms with Crippen molar-refractivity contribution in [3.8, 4) is 0 Å². The van der Waals surface area contributed by atoms with Crippen molar-refractivity contribution in [2.75, 3.05) is 0 Å². The summed E-state index contributed by atoms with van der Waals surface area (Å²) in [7, 11) is 0. The smallest absolute Gasteiger partial charge is 0.244 e. The predicted molar refractivity (Wildman–Crippen MR) is 66.2 cm³/mol. The molecule has 0 fully saturated rings. The molecule has 6 heteroatoms. The Bertz CT molecular complexity index is 521. The van der Waals surface area contributed by atoms with E-state index in [-0.39, 0.29) is 11.9 Å². The van der Waals surface area contributed by atoms with Gasteiger partial charge in [-0.05, 0) is 24.6 Å². The van der Waals surface area contributed by atoms with Gasteiger partial charge < -0.3 is 5.32 Å². The van der Waals surface area contributed by atoms with Gasteiger partial charge in [0.15, 0.2) is 0 Å². The Morgan fingerprint density at radius 3 is 3.11 bits per heavy atom. The van der Waals surface area contributed by atoms with Crippen LogP contribution in [-0.2, 0) is 4.79 Å². The Labute approximate surface area is 104 Å². The molecule has 0 aliphatic rings. The second kappa shape index (κ2) is 5.72. The van der Waals surface area contributed by atoms with Crippen LogP contribution in [0.4, 0.5) is 0 Å². The third-order valence-electron chi connectivity index (χ3n) is 2.31. The summed E-state index contributed by atoms with van der Waals surface area (Å²) in [5, 5.41) is 9.21. The van der Waals surface area contributed by atoms with E-state index in [1.165, 1.54) is 12.4 Å². The van der Waals surface area contributed by atoms with Crippen molar-refractivity contribution in [1.82, 2.24) is 25.5 Å². The van der Waals surface area contributed by atoms with Crippen molar-refractivity contribution in [2.24, 2.45) is 0 Å². The fourth-order valence-corrected chi connectivity index (χ4v) is 1.40. The first-order valence-electron chi connectivity index (χ1n) is 5.49. The zero-order valence-electron chi connectivity index (χ0n) is 9.87. The van der Waals surface area contributed by atoms with E-state index >= 15 is 0 Å². The molecule has 2 aromatic heterocycles. The van der Waals surface area contributed by atoms with Gasteiger partial charge in [-0.2, -0.15) is 5.10 Å². The minimum Gasteiger partial charge on any atom is -0.343 e. The molecule has 0 aliphatic carbocycles. The first-order chi connectivity index (χ1) is 8.75. The largest absolute Gasteiger partial charge is 0.343 e. The highest BCUT2D eigenvalue weighted by atomic mass is 16.1. The van der Waals surface area contributed by atoms with Crippen molar-refractivity contribution < 1.29 is 4.79 Å². The molecule has 0 saturated heterocycles. The monoisotopic (exact) mass is 243 g/mol. The van der Waals surface area contributed by atoms with Gasteiger partial charge >= 0.3 is 0 Å². The minimum absolute atomic E-state index is 0.192. The summed E-state index contributed by atoms with van der Waals surface area (Å²) in [6, 6.07) is 3.48. The molecule has 1 amide bonds. The SMILES string of the molecule is CC(NC(=O)/C=C/c1cccnc1)c1ncn[nH]1. The molecule has 18 heavy (non-hydrogen) atoms. The lowest BCUT2D eigenvalue weighted by molar-refractivity contribution is -0.117. The average Bonchev–Trinajstić information content (AvgIpc) is 2.91. The molecule has 6 nitrogen and oxygen atoms in total. The molecule has 0 spiro atoms. The summed E-state index contributed by atoms with van der Waals surface area (Å²) in [4.78, 5) is 19.6. The second-order valence-electron chi connectivity index (χ2n) is 3.72. The van der Waals surface area contributed by atoms with Crippen molar-refractivity contribution in [1.29, 1.82) is 0 Å². The summed E-state index contributed by atoms with van der Waals surface area (Å²) < 4.78 is 0. The number of amides is 1. The van der Waals surface area contributed by atoms with Crippen molar-refractivity contribution in [3.63, 3.8) is 0 Å². The lowest BCUT2D eigenvalue weighted by Gasteiger charge is -2.08. The van der Waals surface area contributed by atoms with Gasteiger partial charge in [0.2, 0.25) is 5.91 Å². The summed E-state index contributed by atoms with van der Waals surface area (Å²) in [6.07, 6.45) is 7.94. The molecule has 0 saturated carbocycles. The molecule has 2 N–H and O–H groups in total. The Morgan fingerprint density at radius 2 is 2.44 bits per heavy atom. The number of aromatic amines is 1. The number of nitrogens with zero attached hydrogens (tertiary/aromatic N) is 3. The van der Waals surface area contributed by atoms with Crippen LogP contribution in [0.1, 0.15) is 24.4 Å². The van der Waals surface area contributed by atoms with Crippen LogP contribution in [0.5, 0.6) is 0 Å². The maximum atomic E-state index is 11.6. The molecular weight excluding hydrogens is 230 g/mol. The van der Waals surface area contributed by atoms with E-state index in [0.717, 1.165) is 5.56 Å². The van der Waals surface area contributed by atoms with E-state index in [4.69, 9.17) is 0 Å². The van der Waals surface area contributed by atoms with E-state index in [1.54, 1.807) is 18.5 Å². The van der Waals surface area contributed by atoms with Gasteiger partial charge in [0.05, 0.1) is 6.04 Å². The van der Waals surface area contributed by atoms with Crippen LogP contribution in [0, 0.1) is 0 Å². The minimum atomic E-state index is -0.210. The number of hydrogen-bond donors (Lipinski definition) is 2. The van der Waals surface area contributed by atoms with Crippen molar-refractivity contribution in [2.45, 2.75) is 13.0 Å². The van der Waals surface area contributed by atoms with E-state index in [0.29, 0.717) is 5.82 Å². The first-order valence-corrected chi connectivity index (χ1v) is 5.49. The molecule has 2 rings (SSSR count). The third-order valence-corrected chi connectivity index (χ3v) is 2.31. The molecule has 0 aromatic carbocycles. The standard InChI is InChI=1S/C12H13N5O/c1-9(12-14-8-15-17-12)16-11(18)5-4-10-3-2-6-13-7-10/h2-9H,1H3,(H,16,18)(H,14,15,17)/b5-4+. The maximum absolute atomic E-state index is 11.6. The molecule has 92 valence electrons. The topological polar surface area (TPSA) is 83.6 Å². The van der Waals surface area contributed by atoms with Crippen LogP contribution in [0.15, 0.2) is 36.9 Å². The van der Waals surface area contributed by atoms with Crippen molar-refractivity contribution in [3.05, 3.63) is 48.3 Å². The van der Waals surface area contributed by atoms with E-state index in [1.807, 2.05) is 19.1 Å². The number of hydrogen-bond acceptors (Lipinski definition) is 4. The van der Waals surface area contributed by atoms with Gasteiger partial charge in [-0.3, -0.25) is 14.9 Å². The highest BCUT2D eigenvalue weighted by Gasteiger charge is 2.09. The molecule has 1 atom stereocenters. The molecule has 2 heterocycles. The highest BCUT2D eigenvalue weighted by molar-refractivity contribution is 5.91. The van der Waals surface area contributed by atoms with Gasteiger partial charge in [0.25, 0.3) is 0 Å². The molecule has 0 bridgehead atoms. The highest BCUT2D eigenvalue weighted by Crippen LogP contribution is 2.04. The Balaban J connectivity index is 1.91. The molecule has 1 unspecified atom stereocenters. The van der Waals surface area contributed by atoms with E-state index in [9.17, 15) is 4.79 Å². The second-order valence-corrected chi connectivity index (χ2v) is 3.72. The van der Waals surface area contributed by atoms with Crippen LogP contribution in [-0.4, -0.2) is 26.1 Å². The van der Waals surface area contributed by atoms with E-state index in [2.05, 4.69) is 25.5 Å². The summed E-state index contributed by atoms with van der Waals surface area (Å²) in [5.41, 5.74) is 0.875. The van der Waals surface area contributed by atoms with Crippen molar-refractivity contribution >= 4 is 12.0 Å². The average molecular weight is 243 g/mol. The Kier molecular flexibility index (Phi) is 3.80. The summed E-state index contributed by atoms with van der Waals surface area (Å²) in [5.74, 6) is 0.431. The zero-order valence-corrected chi connectivity index (χ0v) is 9.87. The molecule has 2 aromatic rings. The molecular formula is C12H13N5O. The van der Waals surface area contributed by atoms with Crippen LogP contribution in [0.3, 0.4) is 0 Å². The number of H-pyrrole nitrogens is 1. The fraction of sp³-hybridized carbons (Fsp3) is 0.167. The molecule has 0 radical (unpaired) electrons. The predicted octanol–water partition coefficient (Wildman–Crippen LogP) is 1.09. The van der Waals surface area contributed by atoms with Crippen LogP contribution in [0.2, 0.25) is 0 Å². The van der Waals surface area contributed by atoms with E-state index < -0.39 is 0 Å². The Hall–Kier alpha value is -2.50. The lowest BCUT2D eigenvalue weighted by Crippen LogP contribution is -2.25. The van der Waals surface area contributed by atoms with Crippen LogP contribution in [0.25, 0.3) is 6.08 Å². The van der Waals surface area contributed by atoms with Gasteiger partial charge in [0.1, 0.15) is 12.2 Å². The third kappa shape index (κ3) is 3.24. The fourth-order valence-electron chi connectivity index (χ4n) is 1.40. The van der Waals surface area contributed by atoms with Crippen LogP contribution >= 0.6 is 0 Å². The van der Waals surface area contributed by atoms with Gasteiger partial charge in [-0.15, -0.1) is 0 Å². The lowest BCUT2D eigenvalue weighted by atomic mass is 10.2.